The number of anilines is 1. The number of hydrogen-bond donors (Lipinski definition) is 2. The van der Waals surface area contributed by atoms with Crippen LogP contribution in [-0.4, -0.2) is 17.6 Å². The molecule has 0 spiro atoms. The predicted octanol–water partition coefficient (Wildman–Crippen LogP) is 3.34. The topological polar surface area (TPSA) is 82.3 Å². The molecule has 0 bridgehead atoms. The minimum absolute atomic E-state index is 0.0235. The molecule has 116 valence electrons. The lowest BCUT2D eigenvalue weighted by Gasteiger charge is -2.06. The van der Waals surface area contributed by atoms with Gasteiger partial charge >= 0.3 is 0 Å². The van der Waals surface area contributed by atoms with Crippen molar-refractivity contribution in [2.45, 2.75) is 6.92 Å². The third-order valence-electron chi connectivity index (χ3n) is 2.99. The Morgan fingerprint density at radius 1 is 1.22 bits per heavy atom. The molecule has 2 aromatic rings. The molecule has 2 N–H and O–H groups in total. The van der Waals surface area contributed by atoms with Crippen molar-refractivity contribution in [3.05, 3.63) is 59.7 Å². The van der Waals surface area contributed by atoms with Crippen LogP contribution >= 0.6 is 0 Å². The fourth-order valence-electron chi connectivity index (χ4n) is 1.89. The fraction of sp³-hybridized carbons (Fsp3) is 0.111. The lowest BCUT2D eigenvalue weighted by Crippen LogP contribution is -2.13. The Morgan fingerprint density at radius 2 is 1.87 bits per heavy atom. The molecule has 0 fully saturated rings. The van der Waals surface area contributed by atoms with Crippen LogP contribution in [0.5, 0.6) is 11.5 Å². The van der Waals surface area contributed by atoms with E-state index >= 15 is 0 Å². The van der Waals surface area contributed by atoms with Crippen molar-refractivity contribution >= 4 is 17.7 Å². The molecule has 0 heterocycles. The van der Waals surface area contributed by atoms with Crippen molar-refractivity contribution < 1.29 is 14.6 Å². The zero-order valence-corrected chi connectivity index (χ0v) is 12.6. The average Bonchev–Trinajstić information content (AvgIpc) is 2.56. The first-order valence-corrected chi connectivity index (χ1v) is 7.07. The van der Waals surface area contributed by atoms with Crippen LogP contribution in [0.1, 0.15) is 12.5 Å². The van der Waals surface area contributed by atoms with E-state index < -0.39 is 5.91 Å². The van der Waals surface area contributed by atoms with Gasteiger partial charge in [-0.05, 0) is 55.0 Å². The quantitative estimate of drug-likeness (QED) is 0.655. The molecule has 0 radical (unpaired) electrons. The van der Waals surface area contributed by atoms with E-state index in [-0.39, 0.29) is 11.3 Å². The van der Waals surface area contributed by atoms with Gasteiger partial charge < -0.3 is 15.2 Å². The highest BCUT2D eigenvalue weighted by Gasteiger charge is 2.09. The molecule has 0 atom stereocenters. The van der Waals surface area contributed by atoms with Crippen molar-refractivity contribution in [1.29, 1.82) is 5.26 Å². The van der Waals surface area contributed by atoms with Gasteiger partial charge in [-0.1, -0.05) is 12.1 Å². The highest BCUT2D eigenvalue weighted by Crippen LogP contribution is 2.17. The highest BCUT2D eigenvalue weighted by molar-refractivity contribution is 6.09. The van der Waals surface area contributed by atoms with E-state index in [9.17, 15) is 9.90 Å². The van der Waals surface area contributed by atoms with Crippen LogP contribution in [0.25, 0.3) is 6.08 Å². The van der Waals surface area contributed by atoms with Crippen molar-refractivity contribution in [3.63, 3.8) is 0 Å². The Balaban J connectivity index is 2.11. The highest BCUT2D eigenvalue weighted by atomic mass is 16.5. The van der Waals surface area contributed by atoms with E-state index in [2.05, 4.69) is 5.32 Å². The molecular formula is C18H16N2O3. The summed E-state index contributed by atoms with van der Waals surface area (Å²) in [5, 5.41) is 21.1. The zero-order chi connectivity index (χ0) is 16.7. The molecule has 0 aliphatic rings. The number of rotatable bonds is 5. The maximum atomic E-state index is 12.1. The number of carbonyl (C=O) groups is 1. The molecule has 0 saturated heterocycles. The van der Waals surface area contributed by atoms with E-state index in [1.165, 1.54) is 18.2 Å². The number of nitrogens with one attached hydrogen (secondary N) is 1. The first-order chi connectivity index (χ1) is 11.1. The van der Waals surface area contributed by atoms with Crippen LogP contribution in [0.3, 0.4) is 0 Å². The zero-order valence-electron chi connectivity index (χ0n) is 12.6. The lowest BCUT2D eigenvalue weighted by atomic mass is 10.1. The van der Waals surface area contributed by atoms with Crippen molar-refractivity contribution in [2.24, 2.45) is 0 Å². The molecule has 0 unspecified atom stereocenters. The summed E-state index contributed by atoms with van der Waals surface area (Å²) in [5.41, 5.74) is 1.20. The second-order valence-corrected chi connectivity index (χ2v) is 4.67. The standard InChI is InChI=1S/C18H16N2O3/c1-2-23-17-9-5-15(6-10-17)20-18(22)14(12-19)11-13-3-7-16(21)8-4-13/h3-11,21H,2H2,1H3,(H,20,22)/b14-11-. The molecule has 0 aliphatic heterocycles. The predicted molar refractivity (Wildman–Crippen MR) is 87.9 cm³/mol. The van der Waals surface area contributed by atoms with E-state index in [1.54, 1.807) is 36.4 Å². The third kappa shape index (κ3) is 4.61. The Hall–Kier alpha value is -3.26. The maximum Gasteiger partial charge on any atom is 0.266 e. The smallest absolute Gasteiger partial charge is 0.266 e. The molecule has 0 aliphatic carbocycles. The van der Waals surface area contributed by atoms with Crippen molar-refractivity contribution in [3.8, 4) is 17.6 Å². The molecule has 1 amide bonds. The minimum Gasteiger partial charge on any atom is -0.508 e. The Kier molecular flexibility index (Phi) is 5.37. The average molecular weight is 308 g/mol. The molecule has 0 aromatic heterocycles. The van der Waals surface area contributed by atoms with Gasteiger partial charge in [0.05, 0.1) is 6.61 Å². The van der Waals surface area contributed by atoms with Crippen molar-refractivity contribution in [1.82, 2.24) is 0 Å². The summed E-state index contributed by atoms with van der Waals surface area (Å²) < 4.78 is 5.33. The first kappa shape index (κ1) is 16.1. The van der Waals surface area contributed by atoms with Gasteiger partial charge in [-0.15, -0.1) is 0 Å². The van der Waals surface area contributed by atoms with Gasteiger partial charge in [-0.25, -0.2) is 0 Å². The number of hydrogen-bond acceptors (Lipinski definition) is 4. The number of amides is 1. The number of nitrogens with zero attached hydrogens (tertiary/aromatic N) is 1. The minimum atomic E-state index is -0.496. The van der Waals surface area contributed by atoms with E-state index in [1.807, 2.05) is 13.0 Å². The van der Waals surface area contributed by atoms with Crippen molar-refractivity contribution in [2.75, 3.05) is 11.9 Å². The number of nitriles is 1. The second kappa shape index (κ2) is 7.66. The summed E-state index contributed by atoms with van der Waals surface area (Å²) in [5.74, 6) is 0.342. The summed E-state index contributed by atoms with van der Waals surface area (Å²) >= 11 is 0. The second-order valence-electron chi connectivity index (χ2n) is 4.67. The van der Waals surface area contributed by atoms with Gasteiger partial charge in [0, 0.05) is 5.69 Å². The third-order valence-corrected chi connectivity index (χ3v) is 2.99. The van der Waals surface area contributed by atoms with Crippen LogP contribution in [0, 0.1) is 11.3 Å². The number of ether oxygens (including phenoxy) is 1. The van der Waals surface area contributed by atoms with Crippen LogP contribution in [-0.2, 0) is 4.79 Å². The Morgan fingerprint density at radius 3 is 2.43 bits per heavy atom. The lowest BCUT2D eigenvalue weighted by molar-refractivity contribution is -0.112. The fourth-order valence-corrected chi connectivity index (χ4v) is 1.89. The molecular weight excluding hydrogens is 292 g/mol. The van der Waals surface area contributed by atoms with Gasteiger partial charge in [-0.3, -0.25) is 4.79 Å². The molecule has 0 saturated carbocycles. The van der Waals surface area contributed by atoms with E-state index in [0.717, 1.165) is 0 Å². The molecule has 2 rings (SSSR count). The van der Waals surface area contributed by atoms with Crippen LogP contribution in [0.2, 0.25) is 0 Å². The molecule has 5 nitrogen and oxygen atoms in total. The monoisotopic (exact) mass is 308 g/mol. The largest absolute Gasteiger partial charge is 0.508 e. The summed E-state index contributed by atoms with van der Waals surface area (Å²) in [4.78, 5) is 12.1. The van der Waals surface area contributed by atoms with Gasteiger partial charge in [-0.2, -0.15) is 5.26 Å². The Labute approximate surface area is 134 Å². The van der Waals surface area contributed by atoms with E-state index in [4.69, 9.17) is 10.00 Å². The molecule has 5 heteroatoms. The van der Waals surface area contributed by atoms with Gasteiger partial charge in [0.15, 0.2) is 0 Å². The van der Waals surface area contributed by atoms with Crippen LogP contribution < -0.4 is 10.1 Å². The first-order valence-electron chi connectivity index (χ1n) is 7.07. The Bertz CT molecular complexity index is 741. The summed E-state index contributed by atoms with van der Waals surface area (Å²) in [7, 11) is 0. The van der Waals surface area contributed by atoms with Gasteiger partial charge in [0.1, 0.15) is 23.1 Å². The van der Waals surface area contributed by atoms with Gasteiger partial charge in [0.25, 0.3) is 5.91 Å². The SMILES string of the molecule is CCOc1ccc(NC(=O)/C(C#N)=C\c2ccc(O)cc2)cc1. The molecule has 2 aromatic carbocycles. The number of phenols is 1. The maximum absolute atomic E-state index is 12.1. The summed E-state index contributed by atoms with van der Waals surface area (Å²) in [6.45, 7) is 2.46. The van der Waals surface area contributed by atoms with Crippen LogP contribution in [0.4, 0.5) is 5.69 Å². The normalized spacial score (nSPS) is 10.7. The summed E-state index contributed by atoms with van der Waals surface area (Å²) in [6.07, 6.45) is 1.46. The van der Waals surface area contributed by atoms with Crippen LogP contribution in [0.15, 0.2) is 54.1 Å². The number of benzene rings is 2. The summed E-state index contributed by atoms with van der Waals surface area (Å²) in [6, 6.07) is 15.0. The number of phenolic OH excluding ortho intramolecular Hbond substituents is 1. The number of carbonyl (C=O) groups excluding carboxylic acids is 1. The molecule has 23 heavy (non-hydrogen) atoms. The van der Waals surface area contributed by atoms with E-state index in [0.29, 0.717) is 23.6 Å². The number of aromatic hydroxyl groups is 1. The van der Waals surface area contributed by atoms with Gasteiger partial charge in [0.2, 0.25) is 0 Å².